The fourth-order valence-corrected chi connectivity index (χ4v) is 3.00. The third-order valence-electron chi connectivity index (χ3n) is 2.38. The van der Waals surface area contributed by atoms with E-state index < -0.39 is 20.2 Å². The van der Waals surface area contributed by atoms with E-state index in [0.717, 1.165) is 4.90 Å². The summed E-state index contributed by atoms with van der Waals surface area (Å²) in [7, 11) is 1.41. The Kier molecular flexibility index (Phi) is 3.68. The van der Waals surface area contributed by atoms with E-state index in [1.54, 1.807) is 0 Å². The maximum absolute atomic E-state index is 11.7. The Bertz CT molecular complexity index is 587. The van der Waals surface area contributed by atoms with Crippen molar-refractivity contribution in [1.82, 2.24) is 9.97 Å². The lowest BCUT2D eigenvalue weighted by Gasteiger charge is -2.13. The summed E-state index contributed by atoms with van der Waals surface area (Å²) in [6.45, 7) is -0.110. The van der Waals surface area contributed by atoms with E-state index in [1.807, 2.05) is 0 Å². The molecule has 1 unspecified atom stereocenters. The lowest BCUT2D eigenvalue weighted by molar-refractivity contribution is -0.117. The molecule has 1 aromatic rings. The van der Waals surface area contributed by atoms with Crippen LogP contribution in [-0.4, -0.2) is 36.1 Å². The summed E-state index contributed by atoms with van der Waals surface area (Å²) < 4.78 is 22.4. The second kappa shape index (κ2) is 4.80. The van der Waals surface area contributed by atoms with Gasteiger partial charge in [-0.3, -0.25) is 9.69 Å². The average Bonchev–Trinajstić information content (AvgIpc) is 2.58. The van der Waals surface area contributed by atoms with Crippen LogP contribution in [0.2, 0.25) is 10.3 Å². The van der Waals surface area contributed by atoms with Crippen molar-refractivity contribution in [1.29, 1.82) is 0 Å². The van der Waals surface area contributed by atoms with Crippen LogP contribution in [0.5, 0.6) is 0 Å². The molecule has 0 bridgehead atoms. The minimum Gasteiger partial charge on any atom is -0.279 e. The third-order valence-corrected chi connectivity index (χ3v) is 4.64. The van der Waals surface area contributed by atoms with E-state index in [-0.39, 0.29) is 29.2 Å². The topological polar surface area (TPSA) is 80.2 Å². The molecule has 0 aliphatic carbocycles. The van der Waals surface area contributed by atoms with Crippen LogP contribution in [0.3, 0.4) is 0 Å². The number of aromatic nitrogens is 2. The van der Waals surface area contributed by atoms with Crippen molar-refractivity contribution < 1.29 is 13.2 Å². The van der Waals surface area contributed by atoms with Gasteiger partial charge >= 0.3 is 0 Å². The first-order valence-electron chi connectivity index (χ1n) is 4.71. The first kappa shape index (κ1) is 13.8. The van der Waals surface area contributed by atoms with Crippen molar-refractivity contribution in [2.24, 2.45) is 0 Å². The summed E-state index contributed by atoms with van der Waals surface area (Å²) in [4.78, 5) is 20.4. The van der Waals surface area contributed by atoms with Crippen molar-refractivity contribution in [3.63, 3.8) is 0 Å². The fraction of sp³-hybridized carbons (Fsp3) is 0.375. The molecule has 1 atom stereocenters. The number of amides is 1. The number of halogens is 3. The van der Waals surface area contributed by atoms with Gasteiger partial charge in [0.05, 0.1) is 0 Å². The molecule has 1 fully saturated rings. The van der Waals surface area contributed by atoms with E-state index in [4.69, 9.17) is 33.9 Å². The number of carbonyl (C=O) groups is 1. The molecule has 1 amide bonds. The standard InChI is InChI=1S/C8H6Cl3N3O3S/c9-5-2-6(10)13-8(12-5)14-3-4(1-7(14)15)18(11,16)17/h2,4H,1,3H2. The highest BCUT2D eigenvalue weighted by Crippen LogP contribution is 2.26. The molecule has 0 aromatic carbocycles. The van der Waals surface area contributed by atoms with Crippen LogP contribution < -0.4 is 4.90 Å². The zero-order chi connectivity index (χ0) is 13.5. The maximum atomic E-state index is 11.7. The quantitative estimate of drug-likeness (QED) is 0.606. The minimum absolute atomic E-state index is 0.0275. The van der Waals surface area contributed by atoms with Crippen molar-refractivity contribution in [3.05, 3.63) is 16.4 Å². The largest absolute Gasteiger partial charge is 0.279 e. The summed E-state index contributed by atoms with van der Waals surface area (Å²) in [6, 6.07) is 1.31. The highest BCUT2D eigenvalue weighted by Gasteiger charge is 2.39. The summed E-state index contributed by atoms with van der Waals surface area (Å²) >= 11 is 11.4. The third kappa shape index (κ3) is 2.85. The van der Waals surface area contributed by atoms with Crippen LogP contribution in [0.4, 0.5) is 5.95 Å². The smallest absolute Gasteiger partial charge is 0.237 e. The first-order chi connectivity index (χ1) is 8.27. The second-order valence-corrected chi connectivity index (χ2v) is 7.30. The summed E-state index contributed by atoms with van der Waals surface area (Å²) in [5.74, 6) is -0.470. The lowest BCUT2D eigenvalue weighted by Crippen LogP contribution is -2.28. The molecule has 1 aliphatic heterocycles. The number of rotatable bonds is 2. The molecule has 6 nitrogen and oxygen atoms in total. The molecule has 1 saturated heterocycles. The van der Waals surface area contributed by atoms with Crippen molar-refractivity contribution >= 4 is 54.8 Å². The van der Waals surface area contributed by atoms with Crippen LogP contribution in [0.1, 0.15) is 6.42 Å². The van der Waals surface area contributed by atoms with Gasteiger partial charge in [0.2, 0.25) is 20.9 Å². The molecule has 18 heavy (non-hydrogen) atoms. The monoisotopic (exact) mass is 329 g/mol. The van der Waals surface area contributed by atoms with Crippen molar-refractivity contribution in [2.45, 2.75) is 11.7 Å². The van der Waals surface area contributed by atoms with Gasteiger partial charge in [-0.2, -0.15) is 0 Å². The highest BCUT2D eigenvalue weighted by molar-refractivity contribution is 8.14. The molecule has 1 aliphatic rings. The van der Waals surface area contributed by atoms with E-state index in [1.165, 1.54) is 6.07 Å². The van der Waals surface area contributed by atoms with Gasteiger partial charge in [-0.1, -0.05) is 23.2 Å². The predicted molar refractivity (Wildman–Crippen MR) is 67.6 cm³/mol. The molecule has 0 saturated carbocycles. The number of anilines is 1. The summed E-state index contributed by atoms with van der Waals surface area (Å²) in [6.07, 6.45) is -0.209. The molecule has 98 valence electrons. The first-order valence-corrected chi connectivity index (χ1v) is 7.84. The molecule has 0 N–H and O–H groups in total. The zero-order valence-electron chi connectivity index (χ0n) is 8.68. The summed E-state index contributed by atoms with van der Waals surface area (Å²) in [5, 5.41) is -0.849. The van der Waals surface area contributed by atoms with Gasteiger partial charge < -0.3 is 0 Å². The van der Waals surface area contributed by atoms with Crippen LogP contribution in [0, 0.1) is 0 Å². The van der Waals surface area contributed by atoms with Gasteiger partial charge in [0.1, 0.15) is 15.6 Å². The van der Waals surface area contributed by atoms with Crippen LogP contribution >= 0.6 is 33.9 Å². The molecule has 2 rings (SSSR count). The Hall–Kier alpha value is -0.630. The Balaban J connectivity index is 2.32. The van der Waals surface area contributed by atoms with Gasteiger partial charge in [-0.05, 0) is 0 Å². The number of nitrogens with zero attached hydrogens (tertiary/aromatic N) is 3. The van der Waals surface area contributed by atoms with Gasteiger partial charge in [0.25, 0.3) is 0 Å². The normalized spacial score (nSPS) is 20.5. The zero-order valence-corrected chi connectivity index (χ0v) is 11.8. The fourth-order valence-electron chi connectivity index (χ4n) is 1.56. The Morgan fingerprint density at radius 3 is 2.28 bits per heavy atom. The second-order valence-electron chi connectivity index (χ2n) is 3.62. The molecule has 1 aromatic heterocycles. The SMILES string of the molecule is O=C1CC(S(=O)(=O)Cl)CN1c1nc(Cl)cc(Cl)n1. The van der Waals surface area contributed by atoms with E-state index in [2.05, 4.69) is 9.97 Å². The minimum atomic E-state index is -3.81. The van der Waals surface area contributed by atoms with Gasteiger partial charge in [0.15, 0.2) is 0 Å². The number of hydrogen-bond acceptors (Lipinski definition) is 5. The highest BCUT2D eigenvalue weighted by atomic mass is 35.7. The van der Waals surface area contributed by atoms with E-state index in [9.17, 15) is 13.2 Å². The van der Waals surface area contributed by atoms with Crippen LogP contribution in [0.15, 0.2) is 6.07 Å². The van der Waals surface area contributed by atoms with Crippen molar-refractivity contribution in [2.75, 3.05) is 11.4 Å². The van der Waals surface area contributed by atoms with Gasteiger partial charge in [0, 0.05) is 29.7 Å². The average molecular weight is 331 g/mol. The Morgan fingerprint density at radius 1 is 1.28 bits per heavy atom. The maximum Gasteiger partial charge on any atom is 0.237 e. The summed E-state index contributed by atoms with van der Waals surface area (Å²) in [5.41, 5.74) is 0. The van der Waals surface area contributed by atoms with Crippen LogP contribution in [0.25, 0.3) is 0 Å². The molecule has 0 radical (unpaired) electrons. The molecule has 0 spiro atoms. The Labute approximate surface area is 117 Å². The van der Waals surface area contributed by atoms with Gasteiger partial charge in [-0.25, -0.2) is 18.4 Å². The van der Waals surface area contributed by atoms with E-state index >= 15 is 0 Å². The van der Waals surface area contributed by atoms with Crippen LogP contribution in [-0.2, 0) is 13.8 Å². The molecule has 10 heteroatoms. The molecule has 2 heterocycles. The van der Waals surface area contributed by atoms with Crippen molar-refractivity contribution in [3.8, 4) is 0 Å². The molecular weight excluding hydrogens is 325 g/mol. The predicted octanol–water partition coefficient (Wildman–Crippen LogP) is 1.46. The lowest BCUT2D eigenvalue weighted by atomic mass is 10.4. The van der Waals surface area contributed by atoms with Gasteiger partial charge in [-0.15, -0.1) is 0 Å². The number of carbonyl (C=O) groups excluding carboxylic acids is 1. The van der Waals surface area contributed by atoms with E-state index in [0.29, 0.717) is 0 Å². The Morgan fingerprint density at radius 2 is 1.83 bits per heavy atom. The number of hydrogen-bond donors (Lipinski definition) is 0. The molecular formula is C8H6Cl3N3O3S.